The molecule has 1 aromatic rings. The van der Waals surface area contributed by atoms with Gasteiger partial charge in [-0.1, -0.05) is 30.3 Å². The van der Waals surface area contributed by atoms with Crippen LogP contribution >= 0.6 is 0 Å². The van der Waals surface area contributed by atoms with E-state index < -0.39 is 6.10 Å². The summed E-state index contributed by atoms with van der Waals surface area (Å²) in [7, 11) is 3.24. The lowest BCUT2D eigenvalue weighted by molar-refractivity contribution is -0.162. The summed E-state index contributed by atoms with van der Waals surface area (Å²) in [6, 6.07) is 9.87. The van der Waals surface area contributed by atoms with Crippen molar-refractivity contribution >= 4 is 5.97 Å². The maximum atomic E-state index is 12.2. The van der Waals surface area contributed by atoms with Crippen LogP contribution in [0.4, 0.5) is 0 Å². The molecule has 4 atom stereocenters. The minimum absolute atomic E-state index is 0.0398. The van der Waals surface area contributed by atoms with Crippen LogP contribution in [0.2, 0.25) is 0 Å². The van der Waals surface area contributed by atoms with Crippen LogP contribution in [0.5, 0.6) is 0 Å². The number of methoxy groups -OCH3 is 2. The summed E-state index contributed by atoms with van der Waals surface area (Å²) in [5, 5.41) is 0. The van der Waals surface area contributed by atoms with Gasteiger partial charge in [0.05, 0.1) is 37.4 Å². The second-order valence-corrected chi connectivity index (χ2v) is 6.62. The Kier molecular flexibility index (Phi) is 9.05. The van der Waals surface area contributed by atoms with E-state index in [1.807, 2.05) is 37.3 Å². The Labute approximate surface area is 155 Å². The van der Waals surface area contributed by atoms with Gasteiger partial charge in [-0.3, -0.25) is 4.79 Å². The number of carbonyl (C=O) groups is 1. The fraction of sp³-hybridized carbons (Fsp3) is 0.650. The minimum Gasteiger partial charge on any atom is -0.463 e. The molecule has 0 unspecified atom stereocenters. The summed E-state index contributed by atoms with van der Waals surface area (Å²) in [6.45, 7) is 2.54. The van der Waals surface area contributed by atoms with E-state index in [-0.39, 0.29) is 37.5 Å². The minimum atomic E-state index is -0.397. The Bertz CT molecular complexity index is 520. The van der Waals surface area contributed by atoms with Crippen LogP contribution in [-0.2, 0) is 35.1 Å². The van der Waals surface area contributed by atoms with Crippen molar-refractivity contribution in [3.05, 3.63) is 35.9 Å². The van der Waals surface area contributed by atoms with Crippen LogP contribution in [0.15, 0.2) is 30.3 Å². The number of benzene rings is 1. The third-order valence-corrected chi connectivity index (χ3v) is 4.54. The summed E-state index contributed by atoms with van der Waals surface area (Å²) < 4.78 is 28.0. The Morgan fingerprint density at radius 2 is 1.85 bits per heavy atom. The first-order chi connectivity index (χ1) is 12.6. The monoisotopic (exact) mass is 366 g/mol. The molecule has 0 radical (unpaired) electrons. The van der Waals surface area contributed by atoms with E-state index in [0.717, 1.165) is 18.4 Å². The average molecular weight is 366 g/mol. The molecule has 0 amide bonds. The summed E-state index contributed by atoms with van der Waals surface area (Å²) in [4.78, 5) is 12.2. The van der Waals surface area contributed by atoms with E-state index >= 15 is 0 Å². The molecular formula is C20H30O6. The van der Waals surface area contributed by atoms with Gasteiger partial charge >= 0.3 is 5.97 Å². The third-order valence-electron chi connectivity index (χ3n) is 4.54. The number of cyclic esters (lactones) is 1. The summed E-state index contributed by atoms with van der Waals surface area (Å²) in [5.41, 5.74) is 1.05. The van der Waals surface area contributed by atoms with Crippen molar-refractivity contribution in [3.8, 4) is 0 Å². The van der Waals surface area contributed by atoms with Crippen molar-refractivity contribution in [3.63, 3.8) is 0 Å². The molecule has 1 aliphatic heterocycles. The van der Waals surface area contributed by atoms with Gasteiger partial charge in [0.1, 0.15) is 6.79 Å². The normalized spacial score (nSPS) is 27.7. The van der Waals surface area contributed by atoms with Gasteiger partial charge in [0.15, 0.2) is 0 Å². The first-order valence-electron chi connectivity index (χ1n) is 9.10. The van der Waals surface area contributed by atoms with Gasteiger partial charge < -0.3 is 23.7 Å². The first-order valence-corrected chi connectivity index (χ1v) is 9.10. The lowest BCUT2D eigenvalue weighted by atomic mass is 9.98. The number of carbonyl (C=O) groups excluding carboxylic acids is 1. The molecule has 0 aromatic heterocycles. The molecule has 1 aliphatic rings. The maximum Gasteiger partial charge on any atom is 0.308 e. The average Bonchev–Trinajstić information content (AvgIpc) is 2.65. The fourth-order valence-electron chi connectivity index (χ4n) is 3.08. The van der Waals surface area contributed by atoms with Crippen molar-refractivity contribution in [2.24, 2.45) is 0 Å². The highest BCUT2D eigenvalue weighted by molar-refractivity contribution is 5.70. The maximum absolute atomic E-state index is 12.2. The van der Waals surface area contributed by atoms with E-state index in [9.17, 15) is 4.79 Å². The van der Waals surface area contributed by atoms with E-state index in [1.165, 1.54) is 0 Å². The van der Waals surface area contributed by atoms with Gasteiger partial charge in [0.25, 0.3) is 0 Å². The smallest absolute Gasteiger partial charge is 0.308 e. The second kappa shape index (κ2) is 11.3. The van der Waals surface area contributed by atoms with Gasteiger partial charge in [-0.15, -0.1) is 0 Å². The number of hydrogen-bond acceptors (Lipinski definition) is 6. The first kappa shape index (κ1) is 20.8. The fourth-order valence-corrected chi connectivity index (χ4v) is 3.08. The molecule has 146 valence electrons. The summed E-state index contributed by atoms with van der Waals surface area (Å²) >= 11 is 0. The number of ether oxygens (including phenoxy) is 5. The summed E-state index contributed by atoms with van der Waals surface area (Å²) in [6.07, 6.45) is 1.46. The Morgan fingerprint density at radius 1 is 1.08 bits per heavy atom. The molecule has 6 nitrogen and oxygen atoms in total. The van der Waals surface area contributed by atoms with Crippen molar-refractivity contribution in [1.29, 1.82) is 0 Å². The molecule has 6 heteroatoms. The molecule has 1 saturated heterocycles. The SMILES string of the molecule is COCO[C@H]1CC[C@@H](C)OC(=O)C[C@H](OCc2ccccc2)[C@@H](OC)C1. The highest BCUT2D eigenvalue weighted by Gasteiger charge is 2.31. The van der Waals surface area contributed by atoms with E-state index in [2.05, 4.69) is 0 Å². The van der Waals surface area contributed by atoms with Crippen molar-refractivity contribution in [1.82, 2.24) is 0 Å². The van der Waals surface area contributed by atoms with Crippen LogP contribution in [-0.4, -0.2) is 51.4 Å². The lowest BCUT2D eigenvalue weighted by Crippen LogP contribution is -2.38. The highest BCUT2D eigenvalue weighted by atomic mass is 16.7. The molecule has 1 heterocycles. The zero-order valence-electron chi connectivity index (χ0n) is 15.9. The molecule has 1 fully saturated rings. The number of hydrogen-bond donors (Lipinski definition) is 0. The van der Waals surface area contributed by atoms with Crippen LogP contribution in [0.1, 0.15) is 38.2 Å². The molecule has 2 rings (SSSR count). The predicted octanol–water partition coefficient (Wildman–Crippen LogP) is 3.08. The Morgan fingerprint density at radius 3 is 2.54 bits per heavy atom. The quantitative estimate of drug-likeness (QED) is 0.546. The standard InChI is InChI=1S/C20H30O6/c1-15-9-10-17(25-14-22-2)11-18(23-3)19(12-20(21)26-15)24-13-16-7-5-4-6-8-16/h4-8,15,17-19H,9-14H2,1-3H3/t15-,17+,18+,19+/m1/s1. The second-order valence-electron chi connectivity index (χ2n) is 6.62. The lowest BCUT2D eigenvalue weighted by Gasteiger charge is -2.31. The molecule has 0 spiro atoms. The topological polar surface area (TPSA) is 63.2 Å². The predicted molar refractivity (Wildman–Crippen MR) is 96.6 cm³/mol. The van der Waals surface area contributed by atoms with E-state index in [4.69, 9.17) is 23.7 Å². The van der Waals surface area contributed by atoms with Crippen LogP contribution in [0, 0.1) is 0 Å². The molecular weight excluding hydrogens is 336 g/mol. The van der Waals surface area contributed by atoms with Crippen molar-refractivity contribution < 1.29 is 28.5 Å². The summed E-state index contributed by atoms with van der Waals surface area (Å²) in [5.74, 6) is -0.256. The van der Waals surface area contributed by atoms with Crippen molar-refractivity contribution in [2.75, 3.05) is 21.0 Å². The van der Waals surface area contributed by atoms with Gasteiger partial charge in [-0.2, -0.15) is 0 Å². The van der Waals surface area contributed by atoms with Crippen LogP contribution in [0.25, 0.3) is 0 Å². The van der Waals surface area contributed by atoms with Gasteiger partial charge in [-0.25, -0.2) is 0 Å². The van der Waals surface area contributed by atoms with Crippen molar-refractivity contribution in [2.45, 2.75) is 63.6 Å². The zero-order valence-corrected chi connectivity index (χ0v) is 15.9. The largest absolute Gasteiger partial charge is 0.463 e. The van der Waals surface area contributed by atoms with Crippen LogP contribution in [0.3, 0.4) is 0 Å². The molecule has 0 N–H and O–H groups in total. The van der Waals surface area contributed by atoms with Gasteiger partial charge in [0, 0.05) is 20.6 Å². The van der Waals surface area contributed by atoms with Gasteiger partial charge in [-0.05, 0) is 25.3 Å². The third kappa shape index (κ3) is 7.03. The zero-order chi connectivity index (χ0) is 18.8. The van der Waals surface area contributed by atoms with E-state index in [0.29, 0.717) is 13.0 Å². The molecule has 1 aromatic carbocycles. The number of esters is 1. The van der Waals surface area contributed by atoms with Crippen LogP contribution < -0.4 is 0 Å². The molecule has 26 heavy (non-hydrogen) atoms. The Balaban J connectivity index is 2.07. The highest BCUT2D eigenvalue weighted by Crippen LogP contribution is 2.23. The van der Waals surface area contributed by atoms with Gasteiger partial charge in [0.2, 0.25) is 0 Å². The Hall–Kier alpha value is -1.47. The van der Waals surface area contributed by atoms with E-state index in [1.54, 1.807) is 14.2 Å². The number of rotatable bonds is 7. The molecule has 0 saturated carbocycles. The molecule has 0 bridgehead atoms. The molecule has 0 aliphatic carbocycles.